The molecule has 2 fully saturated rings. The minimum Gasteiger partial charge on any atom is -0.394 e. The van der Waals surface area contributed by atoms with Crippen LogP contribution in [0.15, 0.2) is 0 Å². The lowest BCUT2D eigenvalue weighted by molar-refractivity contribution is -0.330. The molecule has 0 spiro atoms. The predicted molar refractivity (Wildman–Crippen MR) is 96.6 cm³/mol. The van der Waals surface area contributed by atoms with E-state index in [0.29, 0.717) is 0 Å². The van der Waals surface area contributed by atoms with E-state index in [9.17, 15) is 35.1 Å². The Morgan fingerprint density at radius 1 is 0.833 bits per heavy atom. The Hall–Kier alpha value is -1.42. The molecule has 13 nitrogen and oxygen atoms in total. The van der Waals surface area contributed by atoms with Crippen LogP contribution in [0.4, 0.5) is 0 Å². The van der Waals surface area contributed by atoms with E-state index in [1.54, 1.807) is 0 Å². The van der Waals surface area contributed by atoms with Crippen LogP contribution in [0.2, 0.25) is 0 Å². The van der Waals surface area contributed by atoms with Gasteiger partial charge in [-0.1, -0.05) is 0 Å². The molecule has 0 aromatic rings. The van der Waals surface area contributed by atoms with Crippen molar-refractivity contribution in [3.05, 3.63) is 0 Å². The zero-order valence-electron chi connectivity index (χ0n) is 16.9. The van der Waals surface area contributed by atoms with Crippen LogP contribution < -0.4 is 10.6 Å². The van der Waals surface area contributed by atoms with Gasteiger partial charge in [-0.05, 0) is 0 Å². The molecule has 0 aliphatic carbocycles. The Bertz CT molecular complexity index is 594. The summed E-state index contributed by atoms with van der Waals surface area (Å²) in [5.41, 5.74) is 0. The highest BCUT2D eigenvalue weighted by molar-refractivity contribution is 5.73. The van der Waals surface area contributed by atoms with Crippen molar-refractivity contribution < 1.29 is 54.1 Å². The standard InChI is InChI=1S/C17H30N2O11/c1-6(22)18-10-13(25)12(24)8(4-20)28-17(10)30-15-9(5-21)29-16(27-3)11(14(15)26)19-7(2)23/h8-17,20-21,24-26H,4-5H2,1-3H3,(H,18,22)(H,19,23)/t8-,9-,10-,11-,12-,13-,14-,15-,16-,17+/m1/s1. The molecule has 0 radical (unpaired) electrons. The van der Waals surface area contributed by atoms with Gasteiger partial charge in [0.15, 0.2) is 12.6 Å². The lowest BCUT2D eigenvalue weighted by atomic mass is 9.94. The smallest absolute Gasteiger partial charge is 0.217 e. The second-order valence-corrected chi connectivity index (χ2v) is 7.21. The van der Waals surface area contributed by atoms with Gasteiger partial charge in [-0.3, -0.25) is 9.59 Å². The maximum Gasteiger partial charge on any atom is 0.217 e. The lowest BCUT2D eigenvalue weighted by Gasteiger charge is -2.47. The van der Waals surface area contributed by atoms with E-state index in [-0.39, 0.29) is 0 Å². The SMILES string of the molecule is CO[C@@H]1O[C@H](CO)[C@@H](O[C@@H]2O[C@H](CO)[C@@H](O)[C@H](O)[C@H]2NC(C)=O)[C@H](O)[C@H]1NC(C)=O. The van der Waals surface area contributed by atoms with Crippen LogP contribution in [0.25, 0.3) is 0 Å². The molecule has 7 N–H and O–H groups in total. The number of amides is 2. The van der Waals surface area contributed by atoms with E-state index in [1.807, 2.05) is 0 Å². The van der Waals surface area contributed by atoms with Crippen LogP contribution in [-0.2, 0) is 28.5 Å². The summed E-state index contributed by atoms with van der Waals surface area (Å²) in [6, 6.07) is -2.32. The van der Waals surface area contributed by atoms with Crippen molar-refractivity contribution in [3.8, 4) is 0 Å². The highest BCUT2D eigenvalue weighted by atomic mass is 16.7. The van der Waals surface area contributed by atoms with Crippen molar-refractivity contribution in [1.82, 2.24) is 10.6 Å². The van der Waals surface area contributed by atoms with E-state index < -0.39 is 86.3 Å². The van der Waals surface area contributed by atoms with Crippen molar-refractivity contribution in [2.45, 2.75) is 75.1 Å². The van der Waals surface area contributed by atoms with Gasteiger partial charge >= 0.3 is 0 Å². The van der Waals surface area contributed by atoms with E-state index in [1.165, 1.54) is 21.0 Å². The number of methoxy groups -OCH3 is 1. The summed E-state index contributed by atoms with van der Waals surface area (Å²) in [5.74, 6) is -1.03. The van der Waals surface area contributed by atoms with Gasteiger partial charge in [0.25, 0.3) is 0 Å². The van der Waals surface area contributed by atoms with Crippen LogP contribution in [0.5, 0.6) is 0 Å². The maximum absolute atomic E-state index is 11.6. The van der Waals surface area contributed by atoms with Crippen molar-refractivity contribution in [2.75, 3.05) is 20.3 Å². The molecule has 0 aromatic carbocycles. The highest BCUT2D eigenvalue weighted by Gasteiger charge is 2.51. The molecule has 2 aliphatic rings. The fourth-order valence-corrected chi connectivity index (χ4v) is 3.57. The number of carbonyl (C=O) groups excluding carboxylic acids is 2. The summed E-state index contributed by atoms with van der Waals surface area (Å²) < 4.78 is 21.9. The molecule has 0 unspecified atom stereocenters. The molecule has 2 rings (SSSR count). The van der Waals surface area contributed by atoms with Crippen molar-refractivity contribution >= 4 is 11.8 Å². The predicted octanol–water partition coefficient (Wildman–Crippen LogP) is -4.46. The molecule has 30 heavy (non-hydrogen) atoms. The number of ether oxygens (including phenoxy) is 4. The minimum atomic E-state index is -1.56. The fourth-order valence-electron chi connectivity index (χ4n) is 3.57. The fraction of sp³-hybridized carbons (Fsp3) is 0.882. The second kappa shape index (κ2) is 10.7. The first kappa shape index (κ1) is 24.8. The number of rotatable bonds is 7. The van der Waals surface area contributed by atoms with Gasteiger partial charge in [0.2, 0.25) is 11.8 Å². The van der Waals surface area contributed by atoms with Crippen LogP contribution in [0.3, 0.4) is 0 Å². The van der Waals surface area contributed by atoms with Gasteiger partial charge in [-0.25, -0.2) is 0 Å². The lowest BCUT2D eigenvalue weighted by Crippen LogP contribution is -2.69. The zero-order chi connectivity index (χ0) is 22.6. The van der Waals surface area contributed by atoms with Gasteiger partial charge < -0.3 is 55.1 Å². The summed E-state index contributed by atoms with van der Waals surface area (Å²) in [4.78, 5) is 23.1. The third kappa shape index (κ3) is 5.43. The van der Waals surface area contributed by atoms with Gasteiger partial charge in [-0.2, -0.15) is 0 Å². The average molecular weight is 438 g/mol. The number of carbonyl (C=O) groups is 2. The number of aliphatic hydroxyl groups is 5. The van der Waals surface area contributed by atoms with E-state index in [2.05, 4.69) is 10.6 Å². The Morgan fingerprint density at radius 3 is 1.80 bits per heavy atom. The minimum absolute atomic E-state index is 0.477. The second-order valence-electron chi connectivity index (χ2n) is 7.21. The molecule has 13 heteroatoms. The first-order valence-corrected chi connectivity index (χ1v) is 9.43. The summed E-state index contributed by atoms with van der Waals surface area (Å²) in [5, 5.41) is 55.2. The van der Waals surface area contributed by atoms with Crippen molar-refractivity contribution in [1.29, 1.82) is 0 Å². The van der Waals surface area contributed by atoms with Crippen LogP contribution in [0.1, 0.15) is 13.8 Å². The van der Waals surface area contributed by atoms with E-state index in [4.69, 9.17) is 18.9 Å². The molecular weight excluding hydrogens is 408 g/mol. The molecule has 0 aromatic heterocycles. The van der Waals surface area contributed by atoms with Crippen LogP contribution in [0, 0.1) is 0 Å². The van der Waals surface area contributed by atoms with Crippen LogP contribution >= 0.6 is 0 Å². The Kier molecular flexibility index (Phi) is 8.90. The largest absolute Gasteiger partial charge is 0.394 e. The molecule has 2 saturated heterocycles. The van der Waals surface area contributed by atoms with Crippen molar-refractivity contribution in [2.24, 2.45) is 0 Å². The molecule has 2 aliphatic heterocycles. The normalized spacial score (nSPS) is 41.9. The summed E-state index contributed by atoms with van der Waals surface area (Å²) >= 11 is 0. The third-order valence-corrected chi connectivity index (χ3v) is 5.00. The molecule has 2 heterocycles. The first-order valence-electron chi connectivity index (χ1n) is 9.43. The molecular formula is C17H30N2O11. The number of aliphatic hydroxyl groups excluding tert-OH is 5. The number of hydrogen-bond acceptors (Lipinski definition) is 11. The molecule has 174 valence electrons. The van der Waals surface area contributed by atoms with Gasteiger partial charge in [0.05, 0.1) is 13.2 Å². The average Bonchev–Trinajstić information content (AvgIpc) is 2.69. The Balaban J connectivity index is 2.29. The molecule has 0 saturated carbocycles. The van der Waals surface area contributed by atoms with Crippen LogP contribution in [-0.4, -0.2) is 119 Å². The highest BCUT2D eigenvalue weighted by Crippen LogP contribution is 2.29. The quantitative estimate of drug-likeness (QED) is 0.202. The molecule has 10 atom stereocenters. The Labute approximate surface area is 172 Å². The summed E-state index contributed by atoms with van der Waals surface area (Å²) in [7, 11) is 1.29. The van der Waals surface area contributed by atoms with Gasteiger partial charge in [0.1, 0.15) is 48.7 Å². The molecule has 2 amide bonds. The monoisotopic (exact) mass is 438 g/mol. The zero-order valence-corrected chi connectivity index (χ0v) is 16.9. The Morgan fingerprint density at radius 2 is 1.33 bits per heavy atom. The van der Waals surface area contributed by atoms with Crippen molar-refractivity contribution in [3.63, 3.8) is 0 Å². The van der Waals surface area contributed by atoms with E-state index >= 15 is 0 Å². The maximum atomic E-state index is 11.6. The van der Waals surface area contributed by atoms with Gasteiger partial charge in [0, 0.05) is 21.0 Å². The van der Waals surface area contributed by atoms with E-state index in [0.717, 1.165) is 0 Å². The summed E-state index contributed by atoms with van der Waals surface area (Å²) in [6.45, 7) is 1.16. The number of hydrogen-bond donors (Lipinski definition) is 7. The third-order valence-electron chi connectivity index (χ3n) is 5.00. The van der Waals surface area contributed by atoms with Gasteiger partial charge in [-0.15, -0.1) is 0 Å². The first-order chi connectivity index (χ1) is 14.1. The summed E-state index contributed by atoms with van der Waals surface area (Å²) in [6.07, 6.45) is -10.7. The topological polar surface area (TPSA) is 196 Å². The number of nitrogens with one attached hydrogen (secondary N) is 2. The molecule has 0 bridgehead atoms.